The van der Waals surface area contributed by atoms with Crippen molar-refractivity contribution < 1.29 is 9.90 Å². The van der Waals surface area contributed by atoms with Gasteiger partial charge in [0.1, 0.15) is 0 Å². The van der Waals surface area contributed by atoms with Gasteiger partial charge in [0.15, 0.2) is 0 Å². The second-order valence-electron chi connectivity index (χ2n) is 10.2. The zero-order valence-electron chi connectivity index (χ0n) is 19.1. The first-order chi connectivity index (χ1) is 16.2. The number of hydrogen-bond acceptors (Lipinski definition) is 3. The van der Waals surface area contributed by atoms with E-state index in [1.54, 1.807) is 0 Å². The Balaban J connectivity index is 1.18. The van der Waals surface area contributed by atoms with Crippen molar-refractivity contribution in [3.63, 3.8) is 0 Å². The highest BCUT2D eigenvalue weighted by molar-refractivity contribution is 5.85. The zero-order valence-corrected chi connectivity index (χ0v) is 19.1. The third kappa shape index (κ3) is 3.79. The predicted octanol–water partition coefficient (Wildman–Crippen LogP) is 3.48. The van der Waals surface area contributed by atoms with E-state index in [1.165, 1.54) is 22.2 Å². The SMILES string of the molecule is O=C(NCCCn1cccc1)C1[C@H]2C[C@H]3c4[nH]c5ccccc5c4CCN3C[C@@H]2CC[C@@H]1O. The highest BCUT2D eigenvalue weighted by Gasteiger charge is 2.49. The minimum Gasteiger partial charge on any atom is -0.392 e. The molecule has 6 heteroatoms. The number of hydrogen-bond donors (Lipinski definition) is 3. The highest BCUT2D eigenvalue weighted by Crippen LogP contribution is 2.49. The van der Waals surface area contributed by atoms with Crippen molar-refractivity contribution in [2.75, 3.05) is 19.6 Å². The molecule has 2 aromatic heterocycles. The molecule has 1 aliphatic carbocycles. The van der Waals surface area contributed by atoms with Gasteiger partial charge in [0, 0.05) is 55.2 Å². The van der Waals surface area contributed by atoms with Crippen molar-refractivity contribution in [3.8, 4) is 0 Å². The van der Waals surface area contributed by atoms with E-state index in [9.17, 15) is 9.90 Å². The van der Waals surface area contributed by atoms with Gasteiger partial charge in [0.25, 0.3) is 0 Å². The molecule has 6 nitrogen and oxygen atoms in total. The summed E-state index contributed by atoms with van der Waals surface area (Å²) < 4.78 is 2.13. The Labute approximate surface area is 195 Å². The first kappa shape index (κ1) is 21.0. The number of benzene rings is 1. The molecule has 0 radical (unpaired) electrons. The van der Waals surface area contributed by atoms with Crippen LogP contribution in [0.4, 0.5) is 0 Å². The number of nitrogens with zero attached hydrogens (tertiary/aromatic N) is 2. The molecule has 1 unspecified atom stereocenters. The summed E-state index contributed by atoms with van der Waals surface area (Å²) in [5, 5.41) is 15.4. The van der Waals surface area contributed by atoms with Crippen molar-refractivity contribution in [1.82, 2.24) is 19.8 Å². The fourth-order valence-electron chi connectivity index (χ4n) is 6.82. The summed E-state index contributed by atoms with van der Waals surface area (Å²) in [6, 6.07) is 13.0. The molecule has 2 fully saturated rings. The third-order valence-corrected chi connectivity index (χ3v) is 8.41. The number of amides is 1. The second kappa shape index (κ2) is 8.65. The number of piperidine rings is 1. The summed E-state index contributed by atoms with van der Waals surface area (Å²) in [5.74, 6) is 0.473. The molecular weight excluding hydrogens is 412 g/mol. The summed E-state index contributed by atoms with van der Waals surface area (Å²) in [5.41, 5.74) is 4.01. The number of carbonyl (C=O) groups is 1. The van der Waals surface area contributed by atoms with Crippen molar-refractivity contribution in [1.29, 1.82) is 0 Å². The molecule has 33 heavy (non-hydrogen) atoms. The Morgan fingerprint density at radius 3 is 2.88 bits per heavy atom. The summed E-state index contributed by atoms with van der Waals surface area (Å²) in [6.45, 7) is 3.67. The van der Waals surface area contributed by atoms with Crippen LogP contribution in [-0.2, 0) is 17.8 Å². The average molecular weight is 447 g/mol. The van der Waals surface area contributed by atoms with E-state index >= 15 is 0 Å². The lowest BCUT2D eigenvalue weighted by molar-refractivity contribution is -0.139. The topological polar surface area (TPSA) is 73.3 Å². The molecule has 3 aromatic rings. The van der Waals surface area contributed by atoms with Crippen molar-refractivity contribution in [3.05, 3.63) is 60.0 Å². The molecule has 6 rings (SSSR count). The maximum absolute atomic E-state index is 13.3. The van der Waals surface area contributed by atoms with E-state index in [4.69, 9.17) is 0 Å². The molecule has 1 aromatic carbocycles. The molecule has 174 valence electrons. The van der Waals surface area contributed by atoms with E-state index in [-0.39, 0.29) is 17.7 Å². The van der Waals surface area contributed by atoms with Gasteiger partial charge < -0.3 is 20.0 Å². The molecule has 0 bridgehead atoms. The number of aromatic amines is 1. The van der Waals surface area contributed by atoms with Crippen LogP contribution in [-0.4, -0.2) is 51.2 Å². The number of H-pyrrole nitrogens is 1. The second-order valence-corrected chi connectivity index (χ2v) is 10.2. The summed E-state index contributed by atoms with van der Waals surface area (Å²) in [6.07, 6.45) is 8.25. The Kier molecular flexibility index (Phi) is 5.51. The molecule has 1 amide bonds. The van der Waals surface area contributed by atoms with E-state index in [2.05, 4.69) is 44.0 Å². The summed E-state index contributed by atoms with van der Waals surface area (Å²) in [7, 11) is 0. The molecule has 5 atom stereocenters. The number of aryl methyl sites for hydroxylation is 1. The molecule has 4 heterocycles. The van der Waals surface area contributed by atoms with Gasteiger partial charge >= 0.3 is 0 Å². The quantitative estimate of drug-likeness (QED) is 0.526. The van der Waals surface area contributed by atoms with Gasteiger partial charge in [-0.2, -0.15) is 0 Å². The van der Waals surface area contributed by atoms with Crippen LogP contribution >= 0.6 is 0 Å². The molecular formula is C27H34N4O2. The van der Waals surface area contributed by atoms with Gasteiger partial charge in [-0.3, -0.25) is 9.69 Å². The van der Waals surface area contributed by atoms with Gasteiger partial charge in [-0.05, 0) is 67.7 Å². The van der Waals surface area contributed by atoms with Crippen molar-refractivity contribution in [2.24, 2.45) is 17.8 Å². The fraction of sp³-hybridized carbons (Fsp3) is 0.519. The largest absolute Gasteiger partial charge is 0.392 e. The van der Waals surface area contributed by atoms with E-state index in [0.29, 0.717) is 18.5 Å². The number of aromatic nitrogens is 2. The molecule has 1 saturated carbocycles. The van der Waals surface area contributed by atoms with Crippen LogP contribution in [0.5, 0.6) is 0 Å². The van der Waals surface area contributed by atoms with Crippen LogP contribution < -0.4 is 5.32 Å². The molecule has 0 spiro atoms. The van der Waals surface area contributed by atoms with Gasteiger partial charge in [0.2, 0.25) is 5.91 Å². The lowest BCUT2D eigenvalue weighted by Crippen LogP contribution is -2.55. The summed E-state index contributed by atoms with van der Waals surface area (Å²) >= 11 is 0. The number of fused-ring (bicyclic) bond motifs is 6. The van der Waals surface area contributed by atoms with Gasteiger partial charge in [-0.15, -0.1) is 0 Å². The lowest BCUT2D eigenvalue weighted by atomic mass is 9.64. The zero-order chi connectivity index (χ0) is 22.4. The van der Waals surface area contributed by atoms with Crippen LogP contribution in [0.15, 0.2) is 48.8 Å². The number of aliphatic hydroxyl groups excluding tert-OH is 1. The Morgan fingerprint density at radius 1 is 1.15 bits per heavy atom. The van der Waals surface area contributed by atoms with Crippen molar-refractivity contribution >= 4 is 16.8 Å². The standard InChI is InChI=1S/C27H34N4O2/c32-24-9-8-18-17-31-15-10-20-19-6-1-2-7-22(19)29-26(20)23(31)16-21(18)25(24)27(33)28-11-5-14-30-12-3-4-13-30/h1-4,6-7,12-13,18,21,23-25,29,32H,5,8-11,14-17H2,(H,28,33)/t18-,21-,23-,24-,25?/m0/s1. The van der Waals surface area contributed by atoms with Crippen LogP contribution in [0.2, 0.25) is 0 Å². The van der Waals surface area contributed by atoms with Crippen molar-refractivity contribution in [2.45, 2.75) is 50.8 Å². The maximum Gasteiger partial charge on any atom is 0.226 e. The maximum atomic E-state index is 13.3. The number of nitrogens with one attached hydrogen (secondary N) is 2. The average Bonchev–Trinajstić information content (AvgIpc) is 3.48. The first-order valence-electron chi connectivity index (χ1n) is 12.6. The van der Waals surface area contributed by atoms with Crippen LogP contribution in [0, 0.1) is 17.8 Å². The lowest BCUT2D eigenvalue weighted by Gasteiger charge is -2.51. The van der Waals surface area contributed by atoms with Crippen LogP contribution in [0.1, 0.15) is 43.0 Å². The van der Waals surface area contributed by atoms with Gasteiger partial charge in [-0.1, -0.05) is 18.2 Å². The van der Waals surface area contributed by atoms with E-state index in [0.717, 1.165) is 51.7 Å². The normalized spacial score (nSPS) is 29.3. The number of rotatable bonds is 5. The molecule has 1 saturated heterocycles. The molecule has 3 aliphatic rings. The van der Waals surface area contributed by atoms with E-state index < -0.39 is 6.10 Å². The molecule has 2 aliphatic heterocycles. The fourth-order valence-corrected chi connectivity index (χ4v) is 6.82. The molecule has 3 N–H and O–H groups in total. The Morgan fingerprint density at radius 2 is 2.00 bits per heavy atom. The third-order valence-electron chi connectivity index (χ3n) is 8.41. The van der Waals surface area contributed by atoms with Gasteiger partial charge in [-0.25, -0.2) is 0 Å². The number of aliphatic hydroxyl groups is 1. The number of carbonyl (C=O) groups excluding carboxylic acids is 1. The van der Waals surface area contributed by atoms with Crippen LogP contribution in [0.3, 0.4) is 0 Å². The van der Waals surface area contributed by atoms with Crippen LogP contribution in [0.25, 0.3) is 10.9 Å². The minimum atomic E-state index is -0.534. The monoisotopic (exact) mass is 446 g/mol. The highest BCUT2D eigenvalue weighted by atomic mass is 16.3. The minimum absolute atomic E-state index is 0.0471. The Hall–Kier alpha value is -2.57. The Bertz CT molecular complexity index is 1120. The number of para-hydroxylation sites is 1. The smallest absolute Gasteiger partial charge is 0.226 e. The predicted molar refractivity (Wildman–Crippen MR) is 129 cm³/mol. The first-order valence-corrected chi connectivity index (χ1v) is 12.6. The summed E-state index contributed by atoms with van der Waals surface area (Å²) in [4.78, 5) is 19.6. The van der Waals surface area contributed by atoms with Gasteiger partial charge in [0.05, 0.1) is 18.1 Å². The van der Waals surface area contributed by atoms with E-state index in [1.807, 2.05) is 24.5 Å².